The second-order valence-electron chi connectivity index (χ2n) is 7.18. The molecule has 1 aliphatic rings. The molecule has 3 nitrogen and oxygen atoms in total. The van der Waals surface area contributed by atoms with Gasteiger partial charge in [-0.2, -0.15) is 0 Å². The topological polar surface area (TPSA) is 46.3 Å². The van der Waals surface area contributed by atoms with E-state index >= 15 is 0 Å². The minimum Gasteiger partial charge on any atom is -0.338 e. The maximum atomic E-state index is 13.1. The average Bonchev–Trinajstić information content (AvgIpc) is 2.37. The van der Waals surface area contributed by atoms with Gasteiger partial charge in [-0.15, -0.1) is 0 Å². The first-order valence-electron chi connectivity index (χ1n) is 8.44. The summed E-state index contributed by atoms with van der Waals surface area (Å²) in [7, 11) is 0. The summed E-state index contributed by atoms with van der Waals surface area (Å²) in [5.41, 5.74) is 5.91. The highest BCUT2D eigenvalue weighted by atomic mass is 16.2. The zero-order chi connectivity index (χ0) is 15.3. The van der Waals surface area contributed by atoms with Crippen LogP contribution in [0, 0.1) is 11.8 Å². The van der Waals surface area contributed by atoms with Gasteiger partial charge in [0.15, 0.2) is 0 Å². The third-order valence-electron chi connectivity index (χ3n) is 4.66. The monoisotopic (exact) mass is 282 g/mol. The number of hydrogen-bond acceptors (Lipinski definition) is 2. The number of nitrogens with zero attached hydrogens (tertiary/aromatic N) is 1. The Balaban J connectivity index is 2.90. The zero-order valence-corrected chi connectivity index (χ0v) is 14.1. The molecule has 0 aliphatic heterocycles. The maximum absolute atomic E-state index is 13.1. The third-order valence-corrected chi connectivity index (χ3v) is 4.66. The first-order chi connectivity index (χ1) is 9.34. The fraction of sp³-hybridized carbons (Fsp3) is 0.941. The van der Waals surface area contributed by atoms with Crippen molar-refractivity contribution in [1.29, 1.82) is 0 Å². The van der Waals surface area contributed by atoms with Crippen molar-refractivity contribution in [3.05, 3.63) is 0 Å². The van der Waals surface area contributed by atoms with Crippen LogP contribution in [0.5, 0.6) is 0 Å². The smallest absolute Gasteiger partial charge is 0.242 e. The van der Waals surface area contributed by atoms with Crippen molar-refractivity contribution in [2.45, 2.75) is 84.7 Å². The van der Waals surface area contributed by atoms with Gasteiger partial charge in [0.05, 0.1) is 5.54 Å². The molecular weight excluding hydrogens is 248 g/mol. The predicted octanol–water partition coefficient (Wildman–Crippen LogP) is 3.57. The molecule has 0 aromatic rings. The van der Waals surface area contributed by atoms with Crippen LogP contribution in [0.2, 0.25) is 0 Å². The average molecular weight is 282 g/mol. The third kappa shape index (κ3) is 4.21. The van der Waals surface area contributed by atoms with Gasteiger partial charge in [0.25, 0.3) is 0 Å². The summed E-state index contributed by atoms with van der Waals surface area (Å²) >= 11 is 0. The van der Waals surface area contributed by atoms with Crippen LogP contribution in [-0.4, -0.2) is 28.9 Å². The normalized spacial score (nSPS) is 27.1. The van der Waals surface area contributed by atoms with E-state index in [2.05, 4.69) is 39.5 Å². The van der Waals surface area contributed by atoms with Gasteiger partial charge in [-0.3, -0.25) is 4.79 Å². The molecule has 2 N–H and O–H groups in total. The molecule has 1 rings (SSSR count). The molecule has 1 fully saturated rings. The molecule has 0 spiro atoms. The summed E-state index contributed by atoms with van der Waals surface area (Å²) in [6.07, 6.45) is 6.02. The molecule has 0 aromatic heterocycles. The van der Waals surface area contributed by atoms with Gasteiger partial charge in [0.1, 0.15) is 0 Å². The molecule has 0 saturated heterocycles. The van der Waals surface area contributed by atoms with Crippen LogP contribution in [0.4, 0.5) is 0 Å². The number of amides is 1. The van der Waals surface area contributed by atoms with E-state index in [9.17, 15) is 4.79 Å². The molecule has 118 valence electrons. The molecule has 1 aliphatic carbocycles. The van der Waals surface area contributed by atoms with Crippen molar-refractivity contribution in [3.63, 3.8) is 0 Å². The Kier molecular flexibility index (Phi) is 6.50. The van der Waals surface area contributed by atoms with Crippen molar-refractivity contribution in [2.24, 2.45) is 17.6 Å². The Morgan fingerprint density at radius 2 is 1.95 bits per heavy atom. The van der Waals surface area contributed by atoms with E-state index in [4.69, 9.17) is 5.73 Å². The van der Waals surface area contributed by atoms with Crippen LogP contribution in [-0.2, 0) is 4.79 Å². The highest BCUT2D eigenvalue weighted by Crippen LogP contribution is 2.33. The van der Waals surface area contributed by atoms with Gasteiger partial charge in [-0.1, -0.05) is 47.5 Å². The molecule has 1 saturated carbocycles. The number of nitrogens with two attached hydrogens (primary N) is 1. The lowest BCUT2D eigenvalue weighted by atomic mass is 9.76. The van der Waals surface area contributed by atoms with Crippen molar-refractivity contribution >= 4 is 5.91 Å². The van der Waals surface area contributed by atoms with Crippen molar-refractivity contribution in [1.82, 2.24) is 4.90 Å². The van der Waals surface area contributed by atoms with Crippen molar-refractivity contribution < 1.29 is 4.79 Å². The van der Waals surface area contributed by atoms with E-state index in [1.807, 2.05) is 0 Å². The lowest BCUT2D eigenvalue weighted by molar-refractivity contribution is -0.142. The number of rotatable bonds is 6. The van der Waals surface area contributed by atoms with Crippen LogP contribution < -0.4 is 5.73 Å². The van der Waals surface area contributed by atoms with Crippen molar-refractivity contribution in [2.75, 3.05) is 6.54 Å². The fourth-order valence-electron chi connectivity index (χ4n) is 3.59. The van der Waals surface area contributed by atoms with Gasteiger partial charge >= 0.3 is 0 Å². The fourth-order valence-corrected chi connectivity index (χ4v) is 3.59. The second-order valence-corrected chi connectivity index (χ2v) is 7.18. The van der Waals surface area contributed by atoms with Crippen LogP contribution in [0.1, 0.15) is 73.1 Å². The van der Waals surface area contributed by atoms with Gasteiger partial charge < -0.3 is 10.6 Å². The summed E-state index contributed by atoms with van der Waals surface area (Å²) in [6, 6.07) is 0.336. The van der Waals surface area contributed by atoms with E-state index in [0.717, 1.165) is 38.6 Å². The Bertz CT molecular complexity index is 312. The molecule has 0 bridgehead atoms. The van der Waals surface area contributed by atoms with Crippen LogP contribution in [0.15, 0.2) is 0 Å². The molecular formula is C17H34N2O. The number of carbonyl (C=O) groups is 1. The highest BCUT2D eigenvalue weighted by molar-refractivity contribution is 5.86. The standard InChI is InChI=1S/C17H34N2O/c1-6-15(7-2)19(12-13(3)4)16(20)17(18)10-8-9-14(5)11-17/h13-15H,6-12,18H2,1-5H3. The largest absolute Gasteiger partial charge is 0.338 e. The van der Waals surface area contributed by atoms with E-state index in [1.165, 1.54) is 6.42 Å². The molecule has 0 heterocycles. The maximum Gasteiger partial charge on any atom is 0.242 e. The quantitative estimate of drug-likeness (QED) is 0.809. The summed E-state index contributed by atoms with van der Waals surface area (Å²) < 4.78 is 0. The van der Waals surface area contributed by atoms with Crippen LogP contribution in [0.3, 0.4) is 0 Å². The number of carbonyl (C=O) groups excluding carboxylic acids is 1. The highest BCUT2D eigenvalue weighted by Gasteiger charge is 2.41. The molecule has 0 aromatic carbocycles. The molecule has 20 heavy (non-hydrogen) atoms. The molecule has 1 amide bonds. The molecule has 3 heteroatoms. The first kappa shape index (κ1) is 17.5. The van der Waals surface area contributed by atoms with Crippen LogP contribution in [0.25, 0.3) is 0 Å². The van der Waals surface area contributed by atoms with Gasteiger partial charge in [0, 0.05) is 12.6 Å². The van der Waals surface area contributed by atoms with Crippen LogP contribution >= 0.6 is 0 Å². The Hall–Kier alpha value is -0.570. The molecule has 0 radical (unpaired) electrons. The predicted molar refractivity (Wildman–Crippen MR) is 85.5 cm³/mol. The van der Waals surface area contributed by atoms with Gasteiger partial charge in [0.2, 0.25) is 5.91 Å². The lowest BCUT2D eigenvalue weighted by Crippen LogP contribution is -2.60. The Morgan fingerprint density at radius 1 is 1.35 bits per heavy atom. The second kappa shape index (κ2) is 7.44. The minimum absolute atomic E-state index is 0.200. The minimum atomic E-state index is -0.616. The van der Waals surface area contributed by atoms with Crippen molar-refractivity contribution in [3.8, 4) is 0 Å². The summed E-state index contributed by atoms with van der Waals surface area (Å²) in [5, 5.41) is 0. The van der Waals surface area contributed by atoms with Gasteiger partial charge in [-0.05, 0) is 37.5 Å². The first-order valence-corrected chi connectivity index (χ1v) is 8.44. The Labute approximate surface area is 125 Å². The van der Waals surface area contributed by atoms with Gasteiger partial charge in [-0.25, -0.2) is 0 Å². The van der Waals surface area contributed by atoms with E-state index in [1.54, 1.807) is 0 Å². The Morgan fingerprint density at radius 3 is 2.40 bits per heavy atom. The molecule has 2 unspecified atom stereocenters. The van der Waals surface area contributed by atoms with E-state index < -0.39 is 5.54 Å². The summed E-state index contributed by atoms with van der Waals surface area (Å²) in [5.74, 6) is 1.26. The van der Waals surface area contributed by atoms with E-state index in [0.29, 0.717) is 17.9 Å². The number of hydrogen-bond donors (Lipinski definition) is 1. The zero-order valence-electron chi connectivity index (χ0n) is 14.1. The SMILES string of the molecule is CCC(CC)N(CC(C)C)C(=O)C1(N)CCCC(C)C1. The van der Waals surface area contributed by atoms with E-state index in [-0.39, 0.29) is 5.91 Å². The summed E-state index contributed by atoms with van der Waals surface area (Å²) in [6.45, 7) is 11.7. The molecule has 2 atom stereocenters. The lowest BCUT2D eigenvalue weighted by Gasteiger charge is -2.42. The summed E-state index contributed by atoms with van der Waals surface area (Å²) in [4.78, 5) is 15.1.